The van der Waals surface area contributed by atoms with Gasteiger partial charge in [0.2, 0.25) is 0 Å². The molecule has 2 rings (SSSR count). The first-order valence-corrected chi connectivity index (χ1v) is 6.72. The van der Waals surface area contributed by atoms with Crippen LogP contribution in [0.4, 0.5) is 4.39 Å². The molecule has 2 aromatic carbocycles. The van der Waals surface area contributed by atoms with Crippen LogP contribution in [0.5, 0.6) is 0 Å². The third-order valence-electron chi connectivity index (χ3n) is 3.05. The van der Waals surface area contributed by atoms with Crippen LogP contribution in [0.1, 0.15) is 23.8 Å². The predicted molar refractivity (Wildman–Crippen MR) is 77.3 cm³/mol. The first kappa shape index (κ1) is 14.5. The van der Waals surface area contributed by atoms with E-state index in [-0.39, 0.29) is 18.7 Å². The van der Waals surface area contributed by atoms with Crippen molar-refractivity contribution in [2.45, 2.75) is 18.2 Å². The second-order valence-electron chi connectivity index (χ2n) is 4.51. The molecule has 0 radical (unpaired) electrons. The molecule has 0 spiro atoms. The molecule has 0 saturated heterocycles. The van der Waals surface area contributed by atoms with E-state index in [4.69, 9.17) is 16.7 Å². The topological polar surface area (TPSA) is 37.3 Å². The van der Waals surface area contributed by atoms with Crippen LogP contribution in [-0.4, -0.2) is 11.1 Å². The summed E-state index contributed by atoms with van der Waals surface area (Å²) in [5, 5.41) is 8.13. The largest absolute Gasteiger partial charge is 0.481 e. The molecule has 1 atom stereocenters. The van der Waals surface area contributed by atoms with Crippen LogP contribution in [0.15, 0.2) is 48.5 Å². The molecule has 0 aliphatic rings. The second kappa shape index (κ2) is 6.53. The Kier molecular flexibility index (Phi) is 4.74. The maximum Gasteiger partial charge on any atom is 0.303 e. The van der Waals surface area contributed by atoms with Crippen molar-refractivity contribution in [2.24, 2.45) is 0 Å². The Morgan fingerprint density at radius 3 is 2.50 bits per heavy atom. The van der Waals surface area contributed by atoms with Crippen LogP contribution < -0.4 is 0 Å². The average molecular weight is 293 g/mol. The number of carboxylic acids is 1. The number of hydrogen-bond donors (Lipinski definition) is 1. The molecule has 104 valence electrons. The zero-order valence-corrected chi connectivity index (χ0v) is 11.5. The number of halogens is 2. The van der Waals surface area contributed by atoms with E-state index < -0.39 is 11.3 Å². The van der Waals surface area contributed by atoms with E-state index in [9.17, 15) is 9.18 Å². The third-order valence-corrected chi connectivity index (χ3v) is 3.52. The average Bonchev–Trinajstić information content (AvgIpc) is 2.45. The molecule has 0 bridgehead atoms. The van der Waals surface area contributed by atoms with Crippen molar-refractivity contribution in [3.05, 3.63) is 59.9 Å². The molecule has 4 heteroatoms. The van der Waals surface area contributed by atoms with E-state index in [1.807, 2.05) is 30.3 Å². The second-order valence-corrected chi connectivity index (χ2v) is 5.03. The molecule has 0 fully saturated rings. The van der Waals surface area contributed by atoms with Crippen molar-refractivity contribution >= 4 is 17.6 Å². The summed E-state index contributed by atoms with van der Waals surface area (Å²) in [6.45, 7) is 0. The Morgan fingerprint density at radius 1 is 1.20 bits per heavy atom. The molecular weight excluding hydrogens is 279 g/mol. The summed E-state index contributed by atoms with van der Waals surface area (Å²) < 4.78 is 14.1. The lowest BCUT2D eigenvalue weighted by atomic mass is 10.0. The number of carbonyl (C=O) groups is 1. The molecule has 0 heterocycles. The highest BCUT2D eigenvalue weighted by Gasteiger charge is 2.13. The summed E-state index contributed by atoms with van der Waals surface area (Å²) in [7, 11) is 0. The third kappa shape index (κ3) is 3.58. The van der Waals surface area contributed by atoms with E-state index in [0.717, 1.165) is 5.56 Å². The molecule has 0 aliphatic carbocycles. The number of hydrogen-bond acceptors (Lipinski definition) is 1. The maximum absolute atomic E-state index is 14.1. The number of carboxylic acid groups (broad SMARTS) is 1. The van der Waals surface area contributed by atoms with Crippen molar-refractivity contribution in [1.29, 1.82) is 0 Å². The highest BCUT2D eigenvalue weighted by Crippen LogP contribution is 2.30. The molecule has 0 saturated carbocycles. The molecule has 20 heavy (non-hydrogen) atoms. The van der Waals surface area contributed by atoms with Gasteiger partial charge in [0.1, 0.15) is 5.82 Å². The standard InChI is InChI=1S/C16H14ClFO2/c17-14(8-9-16(19)20)12-6-7-13(15(18)10-12)11-4-2-1-3-5-11/h1-7,10,14H,8-9H2,(H,19,20). The number of benzene rings is 2. The van der Waals surface area contributed by atoms with Gasteiger partial charge in [-0.2, -0.15) is 0 Å². The molecule has 2 aromatic rings. The monoisotopic (exact) mass is 292 g/mol. The van der Waals surface area contributed by atoms with Crippen LogP contribution in [0.2, 0.25) is 0 Å². The minimum Gasteiger partial charge on any atom is -0.481 e. The SMILES string of the molecule is O=C(O)CCC(Cl)c1ccc(-c2ccccc2)c(F)c1. The molecule has 0 amide bonds. The minimum atomic E-state index is -0.906. The molecule has 0 aromatic heterocycles. The zero-order valence-electron chi connectivity index (χ0n) is 10.7. The lowest BCUT2D eigenvalue weighted by Gasteiger charge is -2.11. The van der Waals surface area contributed by atoms with Crippen LogP contribution in [-0.2, 0) is 4.79 Å². The van der Waals surface area contributed by atoms with Gasteiger partial charge in [0.05, 0.1) is 5.38 Å². The minimum absolute atomic E-state index is 0.0315. The first-order valence-electron chi connectivity index (χ1n) is 6.28. The summed E-state index contributed by atoms with van der Waals surface area (Å²) >= 11 is 6.09. The van der Waals surface area contributed by atoms with Crippen LogP contribution in [0.25, 0.3) is 11.1 Å². The van der Waals surface area contributed by atoms with Crippen LogP contribution >= 0.6 is 11.6 Å². The number of rotatable bonds is 5. The van der Waals surface area contributed by atoms with E-state index >= 15 is 0 Å². The van der Waals surface area contributed by atoms with E-state index in [2.05, 4.69) is 0 Å². The van der Waals surface area contributed by atoms with E-state index in [1.54, 1.807) is 12.1 Å². The smallest absolute Gasteiger partial charge is 0.303 e. The summed E-state index contributed by atoms with van der Waals surface area (Å²) in [5.41, 5.74) is 1.91. The molecule has 1 N–H and O–H groups in total. The van der Waals surface area contributed by atoms with Crippen molar-refractivity contribution in [2.75, 3.05) is 0 Å². The zero-order chi connectivity index (χ0) is 14.5. The highest BCUT2D eigenvalue weighted by atomic mass is 35.5. The number of alkyl halides is 1. The Labute approximate surface area is 121 Å². The molecule has 2 nitrogen and oxygen atoms in total. The lowest BCUT2D eigenvalue weighted by Crippen LogP contribution is -1.99. The van der Waals surface area contributed by atoms with Gasteiger partial charge in [-0.1, -0.05) is 42.5 Å². The first-order chi connectivity index (χ1) is 9.58. The normalized spacial score (nSPS) is 12.1. The summed E-state index contributed by atoms with van der Waals surface area (Å²) in [5.74, 6) is -1.26. The van der Waals surface area contributed by atoms with Gasteiger partial charge in [-0.15, -0.1) is 11.6 Å². The fourth-order valence-electron chi connectivity index (χ4n) is 1.99. The van der Waals surface area contributed by atoms with Gasteiger partial charge in [-0.25, -0.2) is 4.39 Å². The van der Waals surface area contributed by atoms with Crippen molar-refractivity contribution in [1.82, 2.24) is 0 Å². The molecular formula is C16H14ClFO2. The lowest BCUT2D eigenvalue weighted by molar-refractivity contribution is -0.137. The Bertz CT molecular complexity index is 599. The van der Waals surface area contributed by atoms with Crippen molar-refractivity contribution in [3.8, 4) is 11.1 Å². The van der Waals surface area contributed by atoms with Gasteiger partial charge in [-0.05, 0) is 23.6 Å². The molecule has 1 unspecified atom stereocenters. The fourth-order valence-corrected chi connectivity index (χ4v) is 2.24. The van der Waals surface area contributed by atoms with Gasteiger partial charge in [0, 0.05) is 12.0 Å². The van der Waals surface area contributed by atoms with Gasteiger partial charge in [0.15, 0.2) is 0 Å². The van der Waals surface area contributed by atoms with Gasteiger partial charge >= 0.3 is 5.97 Å². The van der Waals surface area contributed by atoms with Crippen LogP contribution in [0.3, 0.4) is 0 Å². The summed E-state index contributed by atoms with van der Waals surface area (Å²) in [6, 6.07) is 14.0. The highest BCUT2D eigenvalue weighted by molar-refractivity contribution is 6.20. The van der Waals surface area contributed by atoms with E-state index in [0.29, 0.717) is 11.1 Å². The van der Waals surface area contributed by atoms with E-state index in [1.165, 1.54) is 6.07 Å². The maximum atomic E-state index is 14.1. The molecule has 0 aliphatic heterocycles. The Balaban J connectivity index is 2.20. The Morgan fingerprint density at radius 2 is 1.90 bits per heavy atom. The summed E-state index contributed by atoms with van der Waals surface area (Å²) in [4.78, 5) is 10.5. The van der Waals surface area contributed by atoms with Crippen molar-refractivity contribution < 1.29 is 14.3 Å². The fraction of sp³-hybridized carbons (Fsp3) is 0.188. The predicted octanol–water partition coefficient (Wildman–Crippen LogP) is 4.64. The van der Waals surface area contributed by atoms with Gasteiger partial charge in [0.25, 0.3) is 0 Å². The summed E-state index contributed by atoms with van der Waals surface area (Å²) in [6.07, 6.45) is 0.247. The number of aliphatic carboxylic acids is 1. The van der Waals surface area contributed by atoms with Gasteiger partial charge < -0.3 is 5.11 Å². The van der Waals surface area contributed by atoms with Gasteiger partial charge in [-0.3, -0.25) is 4.79 Å². The van der Waals surface area contributed by atoms with Crippen molar-refractivity contribution in [3.63, 3.8) is 0 Å². The Hall–Kier alpha value is -1.87. The quantitative estimate of drug-likeness (QED) is 0.815. The van der Waals surface area contributed by atoms with Crippen LogP contribution in [0, 0.1) is 5.82 Å².